The van der Waals surface area contributed by atoms with Gasteiger partial charge in [0.05, 0.1) is 5.56 Å². The minimum absolute atomic E-state index is 0.385. The molecule has 0 radical (unpaired) electrons. The number of carboxylic acids is 1. The monoisotopic (exact) mass is 482 g/mol. The highest BCUT2D eigenvalue weighted by molar-refractivity contribution is 7.96. The molecule has 0 spiro atoms. The fourth-order valence-electron chi connectivity index (χ4n) is 4.30. The van der Waals surface area contributed by atoms with Crippen LogP contribution in [0.15, 0.2) is 91.0 Å². The van der Waals surface area contributed by atoms with Crippen LogP contribution in [0, 0.1) is 6.92 Å². The number of aryl methyl sites for hydroxylation is 1. The van der Waals surface area contributed by atoms with Crippen LogP contribution in [0.4, 0.5) is 0 Å². The summed E-state index contributed by atoms with van der Waals surface area (Å²) in [5, 5.41) is 18.1. The third-order valence-electron chi connectivity index (χ3n) is 6.13. The van der Waals surface area contributed by atoms with Crippen LogP contribution >= 0.6 is 12.6 Å². The molecule has 0 aromatic heterocycles. The van der Waals surface area contributed by atoms with Crippen LogP contribution in [0.25, 0.3) is 11.1 Å². The summed E-state index contributed by atoms with van der Waals surface area (Å²) in [6, 6.07) is 29.3. The summed E-state index contributed by atoms with van der Waals surface area (Å²) in [7, 11) is 0. The number of thiol groups is 1. The Labute approximate surface area is 210 Å². The van der Waals surface area contributed by atoms with E-state index in [1.54, 1.807) is 24.3 Å². The molecule has 35 heavy (non-hydrogen) atoms. The first-order chi connectivity index (χ1) is 16.8. The molecule has 4 nitrogen and oxygen atoms in total. The van der Waals surface area contributed by atoms with Gasteiger partial charge >= 0.3 is 5.97 Å². The van der Waals surface area contributed by atoms with E-state index in [1.807, 2.05) is 31.2 Å². The lowest BCUT2D eigenvalue weighted by Gasteiger charge is -2.08. The van der Waals surface area contributed by atoms with Crippen molar-refractivity contribution in [2.75, 3.05) is 0 Å². The average Bonchev–Trinajstić information content (AvgIpc) is 3.22. The van der Waals surface area contributed by atoms with Crippen molar-refractivity contribution in [2.45, 2.75) is 25.9 Å². The van der Waals surface area contributed by atoms with E-state index in [1.165, 1.54) is 22.3 Å². The van der Waals surface area contributed by atoms with Gasteiger partial charge in [0.1, 0.15) is 6.10 Å². The van der Waals surface area contributed by atoms with Gasteiger partial charge in [0.2, 0.25) is 5.12 Å². The van der Waals surface area contributed by atoms with Crippen molar-refractivity contribution in [3.05, 3.63) is 130 Å². The molecule has 4 aromatic rings. The van der Waals surface area contributed by atoms with E-state index in [0.29, 0.717) is 17.5 Å². The molecule has 176 valence electrons. The molecule has 0 fully saturated rings. The number of carbonyl (C=O) groups excluding carboxylic acids is 1. The SMILES string of the molecule is Cc1ccc([C@@H](O)C(=O)S)cc1.O=C(O)c1ccccc1Cc1ccc2c(c1)Cc1ccccc1-2. The maximum atomic E-state index is 11.3. The molecule has 0 saturated heterocycles. The van der Waals surface area contributed by atoms with Crippen molar-refractivity contribution < 1.29 is 19.8 Å². The first-order valence-corrected chi connectivity index (χ1v) is 11.8. The Morgan fingerprint density at radius 2 is 1.51 bits per heavy atom. The van der Waals surface area contributed by atoms with Crippen LogP contribution in [0.3, 0.4) is 0 Å². The van der Waals surface area contributed by atoms with Crippen LogP contribution < -0.4 is 0 Å². The highest BCUT2D eigenvalue weighted by atomic mass is 32.1. The summed E-state index contributed by atoms with van der Waals surface area (Å²) in [4.78, 5) is 22.0. The largest absolute Gasteiger partial charge is 0.478 e. The van der Waals surface area contributed by atoms with Gasteiger partial charge in [-0.1, -0.05) is 90.5 Å². The maximum absolute atomic E-state index is 11.3. The zero-order chi connectivity index (χ0) is 24.9. The zero-order valence-corrected chi connectivity index (χ0v) is 20.2. The second-order valence-electron chi connectivity index (χ2n) is 8.62. The molecule has 5 heteroatoms. The Bertz CT molecular complexity index is 1380. The number of fused-ring (bicyclic) bond motifs is 3. The summed E-state index contributed by atoms with van der Waals surface area (Å²) in [5.74, 6) is -0.867. The lowest BCUT2D eigenvalue weighted by Crippen LogP contribution is -2.04. The number of carboxylic acid groups (broad SMARTS) is 1. The van der Waals surface area contributed by atoms with Crippen LogP contribution in [0.1, 0.15) is 49.8 Å². The van der Waals surface area contributed by atoms with Gasteiger partial charge in [0, 0.05) is 0 Å². The number of hydrogen-bond acceptors (Lipinski definition) is 3. The number of carbonyl (C=O) groups is 2. The van der Waals surface area contributed by atoms with Crippen molar-refractivity contribution >= 4 is 23.7 Å². The third-order valence-corrected chi connectivity index (χ3v) is 6.37. The first-order valence-electron chi connectivity index (χ1n) is 11.3. The van der Waals surface area contributed by atoms with Crippen molar-refractivity contribution in [1.29, 1.82) is 0 Å². The lowest BCUT2D eigenvalue weighted by atomic mass is 9.96. The Morgan fingerprint density at radius 1 is 0.857 bits per heavy atom. The van der Waals surface area contributed by atoms with Crippen LogP contribution in [0.5, 0.6) is 0 Å². The van der Waals surface area contributed by atoms with Crippen molar-refractivity contribution in [2.24, 2.45) is 0 Å². The van der Waals surface area contributed by atoms with E-state index in [9.17, 15) is 19.8 Å². The number of rotatable bonds is 5. The van der Waals surface area contributed by atoms with Gasteiger partial charge in [-0.05, 0) is 64.8 Å². The molecule has 0 unspecified atom stereocenters. The molecule has 1 aliphatic rings. The molecule has 5 rings (SSSR count). The van der Waals surface area contributed by atoms with E-state index < -0.39 is 17.2 Å². The molecule has 0 heterocycles. The zero-order valence-electron chi connectivity index (χ0n) is 19.3. The summed E-state index contributed by atoms with van der Waals surface area (Å²) in [5.41, 5.74) is 9.40. The van der Waals surface area contributed by atoms with Crippen LogP contribution in [0.2, 0.25) is 0 Å². The summed E-state index contributed by atoms with van der Waals surface area (Å²) in [6.07, 6.45) is 0.500. The van der Waals surface area contributed by atoms with Crippen molar-refractivity contribution in [3.8, 4) is 11.1 Å². The standard InChI is InChI=1S/C21H16O2.C9H10O2S/c22-21(23)20-8-4-2-5-15(20)11-14-9-10-19-17(12-14)13-16-6-1-3-7-18(16)19;1-6-2-4-7(5-3-6)8(10)9(11)12/h1-10,12H,11,13H2,(H,22,23);2-5,8,10H,1H3,(H,11,12)/t;8-/m.1/s1. The van der Waals surface area contributed by atoms with Gasteiger partial charge in [0.15, 0.2) is 0 Å². The van der Waals surface area contributed by atoms with Gasteiger partial charge in [-0.2, -0.15) is 0 Å². The highest BCUT2D eigenvalue weighted by Crippen LogP contribution is 2.37. The summed E-state index contributed by atoms with van der Waals surface area (Å²) < 4.78 is 0. The van der Waals surface area contributed by atoms with E-state index in [2.05, 4.69) is 55.1 Å². The molecular weight excluding hydrogens is 456 g/mol. The first kappa shape index (κ1) is 24.5. The minimum Gasteiger partial charge on any atom is -0.478 e. The number of hydrogen-bond donors (Lipinski definition) is 3. The normalized spacial score (nSPS) is 12.1. The third kappa shape index (κ3) is 5.70. The van der Waals surface area contributed by atoms with E-state index in [4.69, 9.17) is 0 Å². The Balaban J connectivity index is 0.000000204. The Morgan fingerprint density at radius 3 is 2.23 bits per heavy atom. The van der Waals surface area contributed by atoms with E-state index in [-0.39, 0.29) is 0 Å². The smallest absolute Gasteiger partial charge is 0.335 e. The minimum atomic E-state index is -1.10. The van der Waals surface area contributed by atoms with Crippen molar-refractivity contribution in [3.63, 3.8) is 0 Å². The highest BCUT2D eigenvalue weighted by Gasteiger charge is 2.18. The molecule has 0 bridgehead atoms. The Kier molecular flexibility index (Phi) is 7.49. The predicted octanol–water partition coefficient (Wildman–Crippen LogP) is 6.03. The van der Waals surface area contributed by atoms with Gasteiger partial charge in [-0.15, -0.1) is 12.6 Å². The number of benzene rings is 4. The molecule has 4 aromatic carbocycles. The molecule has 1 atom stereocenters. The quantitative estimate of drug-likeness (QED) is 0.267. The van der Waals surface area contributed by atoms with Gasteiger partial charge in [-0.3, -0.25) is 4.79 Å². The maximum Gasteiger partial charge on any atom is 0.335 e. The van der Waals surface area contributed by atoms with Crippen LogP contribution in [-0.2, 0) is 17.6 Å². The average molecular weight is 483 g/mol. The van der Waals surface area contributed by atoms with Crippen LogP contribution in [-0.4, -0.2) is 21.3 Å². The molecule has 2 N–H and O–H groups in total. The second kappa shape index (κ2) is 10.7. The van der Waals surface area contributed by atoms with Crippen molar-refractivity contribution in [1.82, 2.24) is 0 Å². The molecule has 0 amide bonds. The Hall–Kier alpha value is -3.67. The fourth-order valence-corrected chi connectivity index (χ4v) is 4.45. The molecule has 0 saturated carbocycles. The predicted molar refractivity (Wildman–Crippen MR) is 141 cm³/mol. The van der Waals surface area contributed by atoms with Gasteiger partial charge in [0.25, 0.3) is 0 Å². The fraction of sp³-hybridized carbons (Fsp3) is 0.133. The summed E-state index contributed by atoms with van der Waals surface area (Å²) in [6.45, 7) is 1.94. The summed E-state index contributed by atoms with van der Waals surface area (Å²) >= 11 is 3.54. The van der Waals surface area contributed by atoms with Gasteiger partial charge in [-0.25, -0.2) is 4.79 Å². The lowest BCUT2D eigenvalue weighted by molar-refractivity contribution is -0.118. The van der Waals surface area contributed by atoms with E-state index >= 15 is 0 Å². The van der Waals surface area contributed by atoms with E-state index in [0.717, 1.165) is 23.1 Å². The molecule has 0 aliphatic heterocycles. The number of aliphatic hydroxyl groups excluding tert-OH is 1. The van der Waals surface area contributed by atoms with Gasteiger partial charge < -0.3 is 10.2 Å². The topological polar surface area (TPSA) is 74.6 Å². The number of aromatic carboxylic acids is 1. The second-order valence-corrected chi connectivity index (χ2v) is 9.06. The molecular formula is C30H26O4S. The number of aliphatic hydroxyl groups is 1. The molecule has 1 aliphatic carbocycles.